The molecule has 0 fully saturated rings. The predicted octanol–water partition coefficient (Wildman–Crippen LogP) is 1.24. The van der Waals surface area contributed by atoms with Gasteiger partial charge in [0.05, 0.1) is 12.8 Å². The van der Waals surface area contributed by atoms with Gasteiger partial charge in [0.1, 0.15) is 12.2 Å². The van der Waals surface area contributed by atoms with Crippen LogP contribution in [0.2, 0.25) is 0 Å². The molecule has 0 unspecified atom stereocenters. The standard InChI is InChI=1S/C13H21N3O3/c1-5-7-15(9-12(17)19-4)13(18)11-8-10(3)14-16(11)6-2/h8H,5-7,9H2,1-4H3. The van der Waals surface area contributed by atoms with Crippen molar-refractivity contribution in [2.45, 2.75) is 33.7 Å². The van der Waals surface area contributed by atoms with Crippen LogP contribution < -0.4 is 0 Å². The van der Waals surface area contributed by atoms with Crippen LogP contribution in [0.1, 0.15) is 36.5 Å². The zero-order chi connectivity index (χ0) is 14.4. The molecular weight excluding hydrogens is 246 g/mol. The summed E-state index contributed by atoms with van der Waals surface area (Å²) < 4.78 is 6.27. The maximum Gasteiger partial charge on any atom is 0.325 e. The monoisotopic (exact) mass is 267 g/mol. The number of hydrogen-bond donors (Lipinski definition) is 0. The first-order chi connectivity index (χ1) is 9.03. The molecule has 0 spiro atoms. The van der Waals surface area contributed by atoms with Gasteiger partial charge in [-0.2, -0.15) is 5.10 Å². The molecule has 6 nitrogen and oxygen atoms in total. The van der Waals surface area contributed by atoms with Crippen LogP contribution in [0, 0.1) is 6.92 Å². The van der Waals surface area contributed by atoms with Crippen molar-refractivity contribution < 1.29 is 14.3 Å². The van der Waals surface area contributed by atoms with Gasteiger partial charge in [0.25, 0.3) is 5.91 Å². The SMILES string of the molecule is CCCN(CC(=O)OC)C(=O)c1cc(C)nn1CC. The van der Waals surface area contributed by atoms with Gasteiger partial charge in [-0.15, -0.1) is 0 Å². The van der Waals surface area contributed by atoms with Crippen molar-refractivity contribution in [3.8, 4) is 0 Å². The van der Waals surface area contributed by atoms with E-state index in [-0.39, 0.29) is 12.5 Å². The van der Waals surface area contributed by atoms with Crippen molar-refractivity contribution in [3.63, 3.8) is 0 Å². The molecule has 0 radical (unpaired) electrons. The molecule has 0 aliphatic carbocycles. The maximum absolute atomic E-state index is 12.4. The van der Waals surface area contributed by atoms with E-state index in [0.29, 0.717) is 18.8 Å². The van der Waals surface area contributed by atoms with E-state index in [4.69, 9.17) is 0 Å². The van der Waals surface area contributed by atoms with Crippen molar-refractivity contribution in [2.24, 2.45) is 0 Å². The average Bonchev–Trinajstić information content (AvgIpc) is 2.78. The molecular formula is C13H21N3O3. The summed E-state index contributed by atoms with van der Waals surface area (Å²) in [5, 5.41) is 4.25. The van der Waals surface area contributed by atoms with Crippen molar-refractivity contribution in [1.82, 2.24) is 14.7 Å². The zero-order valence-corrected chi connectivity index (χ0v) is 12.0. The highest BCUT2D eigenvalue weighted by Crippen LogP contribution is 2.09. The van der Waals surface area contributed by atoms with E-state index in [1.54, 1.807) is 10.7 Å². The van der Waals surface area contributed by atoms with Crippen molar-refractivity contribution in [1.29, 1.82) is 0 Å². The molecule has 0 atom stereocenters. The molecule has 0 aliphatic heterocycles. The quantitative estimate of drug-likeness (QED) is 0.727. The number of carbonyl (C=O) groups excluding carboxylic acids is 2. The first-order valence-corrected chi connectivity index (χ1v) is 6.44. The molecule has 0 bridgehead atoms. The fourth-order valence-corrected chi connectivity index (χ4v) is 1.86. The predicted molar refractivity (Wildman–Crippen MR) is 70.8 cm³/mol. The van der Waals surface area contributed by atoms with Crippen molar-refractivity contribution in [3.05, 3.63) is 17.5 Å². The lowest BCUT2D eigenvalue weighted by atomic mass is 10.3. The van der Waals surface area contributed by atoms with Gasteiger partial charge in [0, 0.05) is 13.1 Å². The van der Waals surface area contributed by atoms with Crippen molar-refractivity contribution >= 4 is 11.9 Å². The fraction of sp³-hybridized carbons (Fsp3) is 0.615. The molecule has 1 rings (SSSR count). The van der Waals surface area contributed by atoms with Gasteiger partial charge in [0.15, 0.2) is 0 Å². The van der Waals surface area contributed by atoms with Crippen LogP contribution >= 0.6 is 0 Å². The number of esters is 1. The van der Waals surface area contributed by atoms with Crippen LogP contribution in [0.15, 0.2) is 6.07 Å². The summed E-state index contributed by atoms with van der Waals surface area (Å²) in [5.41, 5.74) is 1.30. The Kier molecular flexibility index (Phi) is 5.54. The van der Waals surface area contributed by atoms with E-state index in [1.165, 1.54) is 12.0 Å². The summed E-state index contributed by atoms with van der Waals surface area (Å²) in [7, 11) is 1.32. The van der Waals surface area contributed by atoms with Crippen LogP contribution in [0.4, 0.5) is 0 Å². The van der Waals surface area contributed by atoms with Gasteiger partial charge >= 0.3 is 5.97 Å². The molecule has 6 heteroatoms. The Labute approximate surface area is 113 Å². The van der Waals surface area contributed by atoms with Gasteiger partial charge in [-0.3, -0.25) is 14.3 Å². The number of ether oxygens (including phenoxy) is 1. The first kappa shape index (κ1) is 15.2. The second kappa shape index (κ2) is 6.92. The number of nitrogens with zero attached hydrogens (tertiary/aromatic N) is 3. The minimum absolute atomic E-state index is 0.0306. The van der Waals surface area contributed by atoms with E-state index < -0.39 is 5.97 Å². The lowest BCUT2D eigenvalue weighted by Gasteiger charge is -2.20. The Balaban J connectivity index is 2.94. The number of carbonyl (C=O) groups is 2. The maximum atomic E-state index is 12.4. The molecule has 0 saturated heterocycles. The minimum Gasteiger partial charge on any atom is -0.468 e. The zero-order valence-electron chi connectivity index (χ0n) is 12.0. The van der Waals surface area contributed by atoms with E-state index in [2.05, 4.69) is 9.84 Å². The molecule has 0 N–H and O–H groups in total. The third kappa shape index (κ3) is 3.81. The molecule has 0 saturated carbocycles. The summed E-state index contributed by atoms with van der Waals surface area (Å²) in [6.45, 7) is 6.83. The molecule has 0 aliphatic rings. The van der Waals surface area contributed by atoms with Crippen LogP contribution in [0.25, 0.3) is 0 Å². The van der Waals surface area contributed by atoms with Crippen molar-refractivity contribution in [2.75, 3.05) is 20.2 Å². The fourth-order valence-electron chi connectivity index (χ4n) is 1.86. The van der Waals surface area contributed by atoms with E-state index in [1.807, 2.05) is 20.8 Å². The topological polar surface area (TPSA) is 64.4 Å². The first-order valence-electron chi connectivity index (χ1n) is 6.44. The number of hydrogen-bond acceptors (Lipinski definition) is 4. The highest BCUT2D eigenvalue weighted by molar-refractivity contribution is 5.94. The Bertz CT molecular complexity index is 454. The minimum atomic E-state index is -0.416. The molecule has 106 valence electrons. The third-order valence-electron chi connectivity index (χ3n) is 2.75. The molecule has 1 aromatic heterocycles. The summed E-state index contributed by atoms with van der Waals surface area (Å²) in [5.74, 6) is -0.601. The summed E-state index contributed by atoms with van der Waals surface area (Å²) in [6, 6.07) is 1.74. The van der Waals surface area contributed by atoms with Gasteiger partial charge < -0.3 is 9.64 Å². The molecule has 1 aromatic rings. The molecule has 0 aromatic carbocycles. The number of aromatic nitrogens is 2. The van der Waals surface area contributed by atoms with E-state index in [0.717, 1.165) is 12.1 Å². The average molecular weight is 267 g/mol. The smallest absolute Gasteiger partial charge is 0.325 e. The highest BCUT2D eigenvalue weighted by atomic mass is 16.5. The van der Waals surface area contributed by atoms with Crippen LogP contribution in [-0.4, -0.2) is 46.8 Å². The van der Waals surface area contributed by atoms with Gasteiger partial charge in [-0.25, -0.2) is 0 Å². The number of amides is 1. The van der Waals surface area contributed by atoms with Gasteiger partial charge in [-0.1, -0.05) is 6.92 Å². The van der Waals surface area contributed by atoms with E-state index >= 15 is 0 Å². The summed E-state index contributed by atoms with van der Waals surface area (Å²) in [6.07, 6.45) is 0.780. The van der Waals surface area contributed by atoms with Crippen LogP contribution in [0.3, 0.4) is 0 Å². The van der Waals surface area contributed by atoms with Crippen LogP contribution in [-0.2, 0) is 16.1 Å². The summed E-state index contributed by atoms with van der Waals surface area (Å²) >= 11 is 0. The molecule has 19 heavy (non-hydrogen) atoms. The normalized spacial score (nSPS) is 10.3. The van der Waals surface area contributed by atoms with Crippen LogP contribution in [0.5, 0.6) is 0 Å². The Morgan fingerprint density at radius 2 is 2.11 bits per heavy atom. The number of methoxy groups -OCH3 is 1. The number of aryl methyl sites for hydroxylation is 2. The highest BCUT2D eigenvalue weighted by Gasteiger charge is 2.22. The van der Waals surface area contributed by atoms with Gasteiger partial charge in [0.2, 0.25) is 0 Å². The summed E-state index contributed by atoms with van der Waals surface area (Å²) in [4.78, 5) is 25.3. The molecule has 1 heterocycles. The lowest BCUT2D eigenvalue weighted by Crippen LogP contribution is -2.37. The Morgan fingerprint density at radius 1 is 1.42 bits per heavy atom. The second-order valence-electron chi connectivity index (χ2n) is 4.29. The van der Waals surface area contributed by atoms with Gasteiger partial charge in [-0.05, 0) is 26.3 Å². The Morgan fingerprint density at radius 3 is 2.63 bits per heavy atom. The largest absolute Gasteiger partial charge is 0.468 e. The third-order valence-corrected chi connectivity index (χ3v) is 2.75. The van der Waals surface area contributed by atoms with E-state index in [9.17, 15) is 9.59 Å². The number of rotatable bonds is 6. The lowest BCUT2D eigenvalue weighted by molar-refractivity contribution is -0.141. The second-order valence-corrected chi connectivity index (χ2v) is 4.29. The molecule has 1 amide bonds. The Hall–Kier alpha value is -1.85.